The standard InChI is InChI=1S/C17H20N6O/c1-11-5-6-13-12(10-11)16(24)22(2)17(19-13)18-8-7-15-21-20-14-4-3-9-23(14)15/h5-6,10H,3-4,7-9H2,1-2H3,(H,18,19). The molecule has 2 aromatic heterocycles. The number of benzene rings is 1. The maximum Gasteiger partial charge on any atom is 0.262 e. The molecule has 0 saturated heterocycles. The van der Waals surface area contributed by atoms with E-state index in [0.29, 0.717) is 17.9 Å². The Hall–Kier alpha value is -2.70. The molecular formula is C17H20N6O. The van der Waals surface area contributed by atoms with Crippen LogP contribution in [0.4, 0.5) is 5.95 Å². The molecule has 1 aromatic carbocycles. The maximum atomic E-state index is 12.5. The molecule has 0 amide bonds. The van der Waals surface area contributed by atoms with Crippen LogP contribution in [0.1, 0.15) is 23.6 Å². The Bertz CT molecular complexity index is 971. The predicted octanol–water partition coefficient (Wildman–Crippen LogP) is 1.43. The van der Waals surface area contributed by atoms with E-state index in [4.69, 9.17) is 0 Å². The Labute approximate surface area is 139 Å². The van der Waals surface area contributed by atoms with Crippen LogP contribution < -0.4 is 10.9 Å². The summed E-state index contributed by atoms with van der Waals surface area (Å²) in [5.74, 6) is 2.66. The second-order valence-electron chi connectivity index (χ2n) is 6.28. The molecule has 0 aliphatic carbocycles. The Morgan fingerprint density at radius 1 is 1.29 bits per heavy atom. The Kier molecular flexibility index (Phi) is 3.55. The first-order valence-corrected chi connectivity index (χ1v) is 8.26. The average Bonchev–Trinajstić information content (AvgIpc) is 3.17. The van der Waals surface area contributed by atoms with Gasteiger partial charge < -0.3 is 9.88 Å². The van der Waals surface area contributed by atoms with Gasteiger partial charge in [-0.15, -0.1) is 10.2 Å². The largest absolute Gasteiger partial charge is 0.355 e. The summed E-state index contributed by atoms with van der Waals surface area (Å²) in [6.45, 7) is 3.64. The normalized spacial score (nSPS) is 13.4. The monoisotopic (exact) mass is 324 g/mol. The first kappa shape index (κ1) is 14.9. The third kappa shape index (κ3) is 2.46. The minimum Gasteiger partial charge on any atom is -0.355 e. The number of rotatable bonds is 4. The van der Waals surface area contributed by atoms with Gasteiger partial charge in [0.05, 0.1) is 10.9 Å². The van der Waals surface area contributed by atoms with Crippen LogP contribution in [0.25, 0.3) is 10.9 Å². The highest BCUT2D eigenvalue weighted by atomic mass is 16.1. The molecule has 3 aromatic rings. The van der Waals surface area contributed by atoms with E-state index in [1.807, 2.05) is 25.1 Å². The second-order valence-corrected chi connectivity index (χ2v) is 6.28. The van der Waals surface area contributed by atoms with Gasteiger partial charge in [0.2, 0.25) is 5.95 Å². The molecule has 7 heteroatoms. The van der Waals surface area contributed by atoms with Crippen LogP contribution in [0.2, 0.25) is 0 Å². The summed E-state index contributed by atoms with van der Waals surface area (Å²) < 4.78 is 3.76. The number of aromatic nitrogens is 5. The fourth-order valence-corrected chi connectivity index (χ4v) is 3.22. The Morgan fingerprint density at radius 2 is 2.17 bits per heavy atom. The van der Waals surface area contributed by atoms with Crippen LogP contribution in [0.5, 0.6) is 0 Å². The number of nitrogens with zero attached hydrogens (tertiary/aromatic N) is 5. The molecule has 0 spiro atoms. The lowest BCUT2D eigenvalue weighted by atomic mass is 10.2. The highest BCUT2D eigenvalue weighted by Gasteiger charge is 2.17. The molecule has 0 unspecified atom stereocenters. The lowest BCUT2D eigenvalue weighted by Gasteiger charge is -2.11. The first-order chi connectivity index (χ1) is 11.6. The fourth-order valence-electron chi connectivity index (χ4n) is 3.22. The van der Waals surface area contributed by atoms with Gasteiger partial charge in [0, 0.05) is 33.0 Å². The number of aryl methyl sites for hydroxylation is 2. The van der Waals surface area contributed by atoms with E-state index >= 15 is 0 Å². The summed E-state index contributed by atoms with van der Waals surface area (Å²) in [5.41, 5.74) is 1.74. The van der Waals surface area contributed by atoms with Gasteiger partial charge >= 0.3 is 0 Å². The van der Waals surface area contributed by atoms with Crippen molar-refractivity contribution in [3.63, 3.8) is 0 Å². The summed E-state index contributed by atoms with van der Waals surface area (Å²) in [7, 11) is 1.74. The van der Waals surface area contributed by atoms with Gasteiger partial charge in [-0.3, -0.25) is 9.36 Å². The van der Waals surface area contributed by atoms with Crippen molar-refractivity contribution in [3.8, 4) is 0 Å². The van der Waals surface area contributed by atoms with Gasteiger partial charge in [0.15, 0.2) is 0 Å². The van der Waals surface area contributed by atoms with Gasteiger partial charge in [0.25, 0.3) is 5.56 Å². The zero-order chi connectivity index (χ0) is 16.7. The van der Waals surface area contributed by atoms with E-state index in [1.54, 1.807) is 11.6 Å². The molecule has 0 atom stereocenters. The maximum absolute atomic E-state index is 12.5. The van der Waals surface area contributed by atoms with Crippen LogP contribution >= 0.6 is 0 Å². The number of hydrogen-bond acceptors (Lipinski definition) is 5. The van der Waals surface area contributed by atoms with Crippen LogP contribution in [-0.4, -0.2) is 30.9 Å². The van der Waals surface area contributed by atoms with Gasteiger partial charge in [-0.1, -0.05) is 11.6 Å². The molecule has 3 heterocycles. The predicted molar refractivity (Wildman–Crippen MR) is 92.3 cm³/mol. The van der Waals surface area contributed by atoms with E-state index in [1.165, 1.54) is 0 Å². The third-order valence-corrected chi connectivity index (χ3v) is 4.55. The van der Waals surface area contributed by atoms with Crippen molar-refractivity contribution < 1.29 is 0 Å². The first-order valence-electron chi connectivity index (χ1n) is 8.26. The molecule has 0 saturated carbocycles. The van der Waals surface area contributed by atoms with Crippen LogP contribution in [-0.2, 0) is 26.4 Å². The van der Waals surface area contributed by atoms with E-state index in [9.17, 15) is 4.79 Å². The topological polar surface area (TPSA) is 77.6 Å². The third-order valence-electron chi connectivity index (χ3n) is 4.55. The van der Waals surface area contributed by atoms with Gasteiger partial charge in [-0.05, 0) is 25.5 Å². The molecule has 0 fully saturated rings. The van der Waals surface area contributed by atoms with Crippen LogP contribution in [0.15, 0.2) is 23.0 Å². The van der Waals surface area contributed by atoms with Crippen LogP contribution in [0.3, 0.4) is 0 Å². The summed E-state index contributed by atoms with van der Waals surface area (Å²) in [4.78, 5) is 17.1. The highest BCUT2D eigenvalue weighted by Crippen LogP contribution is 2.15. The molecule has 4 rings (SSSR count). The van der Waals surface area contributed by atoms with E-state index in [0.717, 1.165) is 48.5 Å². The lowest BCUT2D eigenvalue weighted by molar-refractivity contribution is 0.685. The van der Waals surface area contributed by atoms with Crippen molar-refractivity contribution in [1.82, 2.24) is 24.3 Å². The molecule has 24 heavy (non-hydrogen) atoms. The minimum atomic E-state index is -0.0328. The smallest absolute Gasteiger partial charge is 0.262 e. The van der Waals surface area contributed by atoms with Crippen molar-refractivity contribution in [3.05, 3.63) is 45.8 Å². The van der Waals surface area contributed by atoms with Gasteiger partial charge in [-0.2, -0.15) is 0 Å². The molecule has 0 radical (unpaired) electrons. The quantitative estimate of drug-likeness (QED) is 0.785. The van der Waals surface area contributed by atoms with Crippen molar-refractivity contribution >= 4 is 16.9 Å². The number of nitrogens with one attached hydrogen (secondary N) is 1. The Morgan fingerprint density at radius 3 is 3.04 bits per heavy atom. The second kappa shape index (κ2) is 5.74. The molecule has 7 nitrogen and oxygen atoms in total. The molecule has 1 aliphatic rings. The van der Waals surface area contributed by atoms with Crippen molar-refractivity contribution in [2.75, 3.05) is 11.9 Å². The van der Waals surface area contributed by atoms with E-state index in [2.05, 4.69) is 25.1 Å². The Balaban J connectivity index is 1.55. The zero-order valence-corrected chi connectivity index (χ0v) is 13.9. The molecule has 1 aliphatic heterocycles. The van der Waals surface area contributed by atoms with Crippen molar-refractivity contribution in [1.29, 1.82) is 0 Å². The minimum absolute atomic E-state index is 0.0328. The number of anilines is 1. The van der Waals surface area contributed by atoms with Crippen molar-refractivity contribution in [2.45, 2.75) is 32.7 Å². The van der Waals surface area contributed by atoms with E-state index < -0.39 is 0 Å². The van der Waals surface area contributed by atoms with E-state index in [-0.39, 0.29) is 5.56 Å². The summed E-state index contributed by atoms with van der Waals surface area (Å²) in [6, 6.07) is 5.74. The summed E-state index contributed by atoms with van der Waals surface area (Å²) in [5, 5.41) is 12.4. The summed E-state index contributed by atoms with van der Waals surface area (Å²) >= 11 is 0. The molecular weight excluding hydrogens is 304 g/mol. The number of hydrogen-bond donors (Lipinski definition) is 1. The molecule has 1 N–H and O–H groups in total. The highest BCUT2D eigenvalue weighted by molar-refractivity contribution is 5.79. The SMILES string of the molecule is Cc1ccc2nc(NCCc3nnc4n3CCC4)n(C)c(=O)c2c1. The summed E-state index contributed by atoms with van der Waals surface area (Å²) in [6.07, 6.45) is 2.92. The average molecular weight is 324 g/mol. The molecule has 0 bridgehead atoms. The molecule has 124 valence electrons. The van der Waals surface area contributed by atoms with Crippen molar-refractivity contribution in [2.24, 2.45) is 7.05 Å². The van der Waals surface area contributed by atoms with Gasteiger partial charge in [-0.25, -0.2) is 4.98 Å². The van der Waals surface area contributed by atoms with Gasteiger partial charge in [0.1, 0.15) is 11.6 Å². The van der Waals surface area contributed by atoms with Crippen LogP contribution in [0, 0.1) is 6.92 Å². The zero-order valence-electron chi connectivity index (χ0n) is 13.9. The number of fused-ring (bicyclic) bond motifs is 2. The lowest BCUT2D eigenvalue weighted by Crippen LogP contribution is -2.23. The fraction of sp³-hybridized carbons (Fsp3) is 0.412.